The molecule has 0 aliphatic heterocycles. The number of hydrogen-bond donors (Lipinski definition) is 4. The molecule has 2 aromatic carbocycles. The number of fused-ring (bicyclic) bond motifs is 1. The van der Waals surface area contributed by atoms with Crippen LogP contribution in [0.1, 0.15) is 41.5 Å². The third-order valence-corrected chi connectivity index (χ3v) is 6.41. The van der Waals surface area contributed by atoms with Crippen molar-refractivity contribution in [2.24, 2.45) is 4.99 Å². The van der Waals surface area contributed by atoms with Crippen LogP contribution in [0.15, 0.2) is 64.0 Å². The van der Waals surface area contributed by atoms with Crippen molar-refractivity contribution in [3.05, 3.63) is 71.5 Å². The molecule has 0 aliphatic rings. The topological polar surface area (TPSA) is 132 Å². The highest BCUT2D eigenvalue weighted by Gasteiger charge is 2.30. The van der Waals surface area contributed by atoms with Crippen LogP contribution in [0.4, 0.5) is 23.4 Å². The molecule has 0 saturated heterocycles. The summed E-state index contributed by atoms with van der Waals surface area (Å²) < 4.78 is 59.2. The van der Waals surface area contributed by atoms with Gasteiger partial charge in [0.05, 0.1) is 16.5 Å². The molecule has 2 amide bonds. The van der Waals surface area contributed by atoms with Crippen LogP contribution >= 0.6 is 0 Å². The number of pyridine rings is 1. The van der Waals surface area contributed by atoms with E-state index in [1.165, 1.54) is 55.7 Å². The largest absolute Gasteiger partial charge is 0.437 e. The second-order valence-corrected chi connectivity index (χ2v) is 9.99. The van der Waals surface area contributed by atoms with E-state index in [9.17, 15) is 27.2 Å². The maximum Gasteiger partial charge on any atom is 0.405 e. The summed E-state index contributed by atoms with van der Waals surface area (Å²) >= 11 is 0. The van der Waals surface area contributed by atoms with Gasteiger partial charge in [-0.2, -0.15) is 18.2 Å². The molecule has 0 bridgehead atoms. The lowest BCUT2D eigenvalue weighted by atomic mass is 9.99. The lowest BCUT2D eigenvalue weighted by Gasteiger charge is -2.24. The number of nitrogens with one attached hydrogen (secondary N) is 4. The molecule has 9 nitrogen and oxygen atoms in total. The number of hydrogen-bond acceptors (Lipinski definition) is 6. The number of amidine groups is 1. The summed E-state index contributed by atoms with van der Waals surface area (Å²) in [4.78, 5) is 34.4. The van der Waals surface area contributed by atoms with Gasteiger partial charge < -0.3 is 20.4 Å². The zero-order valence-electron chi connectivity index (χ0n) is 23.6. The number of benzene rings is 2. The number of nitrogens with zero attached hydrogens (tertiary/aromatic N) is 2. The highest BCUT2D eigenvalue weighted by molar-refractivity contribution is 6.12. The van der Waals surface area contributed by atoms with E-state index in [-0.39, 0.29) is 45.2 Å². The molecule has 4 N–H and O–H groups in total. The highest BCUT2D eigenvalue weighted by Crippen LogP contribution is 2.38. The number of anilines is 1. The van der Waals surface area contributed by atoms with E-state index in [0.29, 0.717) is 11.1 Å². The first-order valence-electron chi connectivity index (χ1n) is 13.0. The lowest BCUT2D eigenvalue weighted by molar-refractivity contribution is -0.115. The monoisotopic (exact) mass is 596 g/mol. The van der Waals surface area contributed by atoms with Crippen LogP contribution in [-0.4, -0.2) is 54.2 Å². The predicted octanol–water partition coefficient (Wildman–Crippen LogP) is 6.21. The van der Waals surface area contributed by atoms with Crippen LogP contribution < -0.4 is 16.0 Å². The Labute approximate surface area is 243 Å². The Balaban J connectivity index is 1.88. The standard InChI is InChI=1S/C30H28F4N6O3/c1-5-37-28(35)29(2,3)40-25(41)18-8-6-7-17(13-18)20-14-21-22(26(42)36-4)23(16-9-11-19(31)12-10-16)43-27(21)39-24(20)38-15-30(32,33)34/h5-14,35H,15H2,1-4H3,(H,36,42)(H,38,39)(H,40,41). The SMILES string of the molecule is CC=NC(=N)C(C)(C)NC(=O)c1cccc(-c2cc3c(C(=O)NC)c(-c4ccc(F)cc4)oc3nc2NCC(F)(F)F)c1. The van der Waals surface area contributed by atoms with Gasteiger partial charge in [0, 0.05) is 30.0 Å². The van der Waals surface area contributed by atoms with Gasteiger partial charge in [-0.15, -0.1) is 0 Å². The molecule has 0 radical (unpaired) electrons. The zero-order chi connectivity index (χ0) is 31.5. The number of amides is 2. The normalized spacial score (nSPS) is 12.0. The van der Waals surface area contributed by atoms with Gasteiger partial charge in [0.15, 0.2) is 0 Å². The first kappa shape index (κ1) is 30.9. The third-order valence-electron chi connectivity index (χ3n) is 6.41. The second-order valence-electron chi connectivity index (χ2n) is 9.99. The molecule has 0 atom stereocenters. The van der Waals surface area contributed by atoms with E-state index in [2.05, 4.69) is 25.9 Å². The molecule has 2 aromatic heterocycles. The minimum atomic E-state index is -4.58. The van der Waals surface area contributed by atoms with E-state index in [1.807, 2.05) is 0 Å². The molecule has 0 spiro atoms. The quantitative estimate of drug-likeness (QED) is 0.109. The first-order valence-corrected chi connectivity index (χ1v) is 13.0. The van der Waals surface area contributed by atoms with Crippen LogP contribution in [0, 0.1) is 11.2 Å². The molecule has 43 heavy (non-hydrogen) atoms. The van der Waals surface area contributed by atoms with Crippen molar-refractivity contribution in [3.63, 3.8) is 0 Å². The Kier molecular flexibility index (Phi) is 8.65. The van der Waals surface area contributed by atoms with Gasteiger partial charge >= 0.3 is 6.18 Å². The molecule has 13 heteroatoms. The van der Waals surface area contributed by atoms with Crippen molar-refractivity contribution in [3.8, 4) is 22.5 Å². The molecule has 4 aromatic rings. The summed E-state index contributed by atoms with van der Waals surface area (Å²) in [7, 11) is 1.40. The molecule has 0 fully saturated rings. The lowest BCUT2D eigenvalue weighted by Crippen LogP contribution is -2.48. The number of furan rings is 1. The molecular formula is C30H28F4N6O3. The smallest absolute Gasteiger partial charge is 0.405 e. The highest BCUT2D eigenvalue weighted by atomic mass is 19.4. The van der Waals surface area contributed by atoms with Crippen LogP contribution in [-0.2, 0) is 0 Å². The average molecular weight is 597 g/mol. The van der Waals surface area contributed by atoms with Crippen molar-refractivity contribution >= 4 is 40.8 Å². The first-order chi connectivity index (χ1) is 20.2. The predicted molar refractivity (Wildman–Crippen MR) is 156 cm³/mol. The molecular weight excluding hydrogens is 568 g/mol. The van der Waals surface area contributed by atoms with Gasteiger partial charge in [0.25, 0.3) is 11.8 Å². The van der Waals surface area contributed by atoms with Crippen LogP contribution in [0.5, 0.6) is 0 Å². The molecule has 224 valence electrons. The number of rotatable bonds is 8. The van der Waals surface area contributed by atoms with Crippen molar-refractivity contribution < 1.29 is 31.6 Å². The third kappa shape index (κ3) is 6.88. The minimum Gasteiger partial charge on any atom is -0.437 e. The molecule has 0 saturated carbocycles. The van der Waals surface area contributed by atoms with Gasteiger partial charge in [-0.25, -0.2) is 9.38 Å². The Morgan fingerprint density at radius 1 is 1.05 bits per heavy atom. The second kappa shape index (κ2) is 12.0. The van der Waals surface area contributed by atoms with E-state index in [1.54, 1.807) is 32.9 Å². The molecule has 0 unspecified atom stereocenters. The van der Waals surface area contributed by atoms with E-state index in [4.69, 9.17) is 9.83 Å². The Morgan fingerprint density at radius 2 is 1.74 bits per heavy atom. The number of alkyl halides is 3. The number of aliphatic imine (C=N–C) groups is 1. The summed E-state index contributed by atoms with van der Waals surface area (Å²) in [5.74, 6) is -1.85. The number of aromatic nitrogens is 1. The van der Waals surface area contributed by atoms with Gasteiger partial charge in [0.1, 0.15) is 29.8 Å². The number of carbonyl (C=O) groups excluding carboxylic acids is 2. The van der Waals surface area contributed by atoms with E-state index >= 15 is 0 Å². The molecule has 4 rings (SSSR count). The van der Waals surface area contributed by atoms with Gasteiger partial charge in [-0.05, 0) is 68.8 Å². The number of halogens is 4. The summed E-state index contributed by atoms with van der Waals surface area (Å²) in [6, 6.07) is 12.7. The average Bonchev–Trinajstić information content (AvgIpc) is 3.33. The molecule has 0 aliphatic carbocycles. The van der Waals surface area contributed by atoms with Crippen LogP contribution in [0.3, 0.4) is 0 Å². The van der Waals surface area contributed by atoms with E-state index in [0.717, 1.165) is 0 Å². The Morgan fingerprint density at radius 3 is 2.37 bits per heavy atom. The fourth-order valence-electron chi connectivity index (χ4n) is 4.25. The maximum absolute atomic E-state index is 13.6. The maximum atomic E-state index is 13.6. The zero-order valence-corrected chi connectivity index (χ0v) is 23.6. The minimum absolute atomic E-state index is 0.0471. The Hall–Kier alpha value is -5.07. The Bertz CT molecular complexity index is 1730. The van der Waals surface area contributed by atoms with Gasteiger partial charge in [-0.1, -0.05) is 12.1 Å². The van der Waals surface area contributed by atoms with Crippen molar-refractivity contribution in [1.29, 1.82) is 5.41 Å². The van der Waals surface area contributed by atoms with Crippen LogP contribution in [0.25, 0.3) is 33.6 Å². The molecule has 2 heterocycles. The van der Waals surface area contributed by atoms with Crippen molar-refractivity contribution in [2.75, 3.05) is 18.9 Å². The van der Waals surface area contributed by atoms with E-state index < -0.39 is 35.9 Å². The summed E-state index contributed by atoms with van der Waals surface area (Å²) in [5, 5.41) is 15.8. The summed E-state index contributed by atoms with van der Waals surface area (Å²) in [5.41, 5.74) is -0.211. The summed E-state index contributed by atoms with van der Waals surface area (Å²) in [6.07, 6.45) is -3.15. The van der Waals surface area contributed by atoms with Gasteiger partial charge in [-0.3, -0.25) is 15.0 Å². The summed E-state index contributed by atoms with van der Waals surface area (Å²) in [6.45, 7) is 3.45. The van der Waals surface area contributed by atoms with Crippen molar-refractivity contribution in [1.82, 2.24) is 15.6 Å². The van der Waals surface area contributed by atoms with Crippen LogP contribution in [0.2, 0.25) is 0 Å². The van der Waals surface area contributed by atoms with Crippen molar-refractivity contribution in [2.45, 2.75) is 32.5 Å². The number of carbonyl (C=O) groups is 2. The van der Waals surface area contributed by atoms with Gasteiger partial charge in [0.2, 0.25) is 5.71 Å². The fraction of sp³-hybridized carbons (Fsp3) is 0.233. The fourth-order valence-corrected chi connectivity index (χ4v) is 4.25.